The van der Waals surface area contributed by atoms with Gasteiger partial charge in [0, 0.05) is 5.69 Å². The van der Waals surface area contributed by atoms with Crippen LogP contribution in [0.1, 0.15) is 19.0 Å². The maximum absolute atomic E-state index is 4.11. The summed E-state index contributed by atoms with van der Waals surface area (Å²) in [6.07, 6.45) is 1.93. The number of pyridine rings is 1. The van der Waals surface area contributed by atoms with Crippen LogP contribution in [-0.2, 0) is 6.42 Å². The van der Waals surface area contributed by atoms with Crippen LogP contribution in [0.5, 0.6) is 0 Å². The fourth-order valence-corrected chi connectivity index (χ4v) is 3.18. The van der Waals surface area contributed by atoms with E-state index in [2.05, 4.69) is 80.6 Å². The Hall–Kier alpha value is -3.34. The summed E-state index contributed by atoms with van der Waals surface area (Å²) >= 11 is 0. The number of hydrogen-bond donors (Lipinski definition) is 0. The number of tetrazole rings is 1. The van der Waals surface area contributed by atoms with E-state index in [0.717, 1.165) is 29.8 Å². The lowest BCUT2D eigenvalue weighted by Gasteiger charge is -2.18. The van der Waals surface area contributed by atoms with Crippen LogP contribution in [0.15, 0.2) is 72.8 Å². The molecular weight excluding hydrogens is 322 g/mol. The van der Waals surface area contributed by atoms with E-state index in [1.807, 2.05) is 24.3 Å². The molecule has 0 aliphatic heterocycles. The smallest absolute Gasteiger partial charge is 0.277 e. The molecule has 0 unspecified atom stereocenters. The zero-order chi connectivity index (χ0) is 17.8. The molecule has 128 valence electrons. The first-order valence-electron chi connectivity index (χ1n) is 8.75. The van der Waals surface area contributed by atoms with E-state index in [-0.39, 0.29) is 0 Å². The van der Waals surface area contributed by atoms with Crippen molar-refractivity contribution in [2.45, 2.75) is 19.8 Å². The van der Waals surface area contributed by atoms with Crippen LogP contribution in [0.2, 0.25) is 0 Å². The maximum Gasteiger partial charge on any atom is 0.277 e. The molecule has 0 amide bonds. The third-order valence-corrected chi connectivity index (χ3v) is 4.33. The second-order valence-electron chi connectivity index (χ2n) is 6.12. The van der Waals surface area contributed by atoms with Gasteiger partial charge in [-0.3, -0.25) is 4.57 Å². The van der Waals surface area contributed by atoms with E-state index in [1.165, 1.54) is 11.1 Å². The lowest BCUT2D eigenvalue weighted by molar-refractivity contribution is -0.601. The van der Waals surface area contributed by atoms with Crippen molar-refractivity contribution in [1.29, 1.82) is 0 Å². The minimum Gasteiger partial charge on any atom is -0.280 e. The Morgan fingerprint density at radius 3 is 2.15 bits per heavy atom. The summed E-state index contributed by atoms with van der Waals surface area (Å²) in [7, 11) is 0. The lowest BCUT2D eigenvalue weighted by atomic mass is 10.0. The minimum atomic E-state index is 0.506. The number of aromatic nitrogens is 5. The molecule has 4 aromatic rings. The van der Waals surface area contributed by atoms with Crippen LogP contribution in [-0.4, -0.2) is 15.5 Å². The van der Waals surface area contributed by atoms with Crippen molar-refractivity contribution in [3.63, 3.8) is 0 Å². The van der Waals surface area contributed by atoms with Gasteiger partial charge in [0.2, 0.25) is 0 Å². The van der Waals surface area contributed by atoms with Crippen LogP contribution >= 0.6 is 0 Å². The molecule has 5 heteroatoms. The maximum atomic E-state index is 4.11. The SMILES string of the molecule is CCCc1cc(-c2ccccc2)cc(-c2ccccc2)[n+]1-c1nnn[n-]1. The van der Waals surface area contributed by atoms with Crippen molar-refractivity contribution in [3.05, 3.63) is 78.5 Å². The van der Waals surface area contributed by atoms with Crippen LogP contribution in [0.3, 0.4) is 0 Å². The normalized spacial score (nSPS) is 10.8. The Morgan fingerprint density at radius 2 is 1.54 bits per heavy atom. The molecule has 0 saturated carbocycles. The number of hydrogen-bond acceptors (Lipinski definition) is 3. The summed E-state index contributed by atoms with van der Waals surface area (Å²) in [6.45, 7) is 2.17. The first kappa shape index (κ1) is 16.1. The van der Waals surface area contributed by atoms with Crippen molar-refractivity contribution in [1.82, 2.24) is 20.6 Å². The van der Waals surface area contributed by atoms with E-state index in [0.29, 0.717) is 5.95 Å². The second-order valence-corrected chi connectivity index (χ2v) is 6.12. The average molecular weight is 341 g/mol. The van der Waals surface area contributed by atoms with Crippen molar-refractivity contribution in [2.24, 2.45) is 0 Å². The van der Waals surface area contributed by atoms with Gasteiger partial charge in [0.15, 0.2) is 0 Å². The fraction of sp³-hybridized carbons (Fsp3) is 0.143. The number of nitrogens with zero attached hydrogens (tertiary/aromatic N) is 5. The van der Waals surface area contributed by atoms with E-state index in [4.69, 9.17) is 0 Å². The third kappa shape index (κ3) is 3.11. The highest BCUT2D eigenvalue weighted by Gasteiger charge is 2.16. The number of benzene rings is 2. The zero-order valence-corrected chi connectivity index (χ0v) is 14.6. The van der Waals surface area contributed by atoms with Crippen LogP contribution in [0.25, 0.3) is 28.3 Å². The molecule has 0 bridgehead atoms. The second kappa shape index (κ2) is 7.27. The molecule has 5 nitrogen and oxygen atoms in total. The van der Waals surface area contributed by atoms with Crippen molar-refractivity contribution in [3.8, 4) is 28.3 Å². The molecule has 26 heavy (non-hydrogen) atoms. The van der Waals surface area contributed by atoms with Gasteiger partial charge in [-0.15, -0.1) is 0 Å². The molecule has 2 aromatic carbocycles. The first-order chi connectivity index (χ1) is 12.9. The lowest BCUT2D eigenvalue weighted by Crippen LogP contribution is -2.40. The quantitative estimate of drug-likeness (QED) is 0.522. The molecule has 0 radical (unpaired) electrons. The van der Waals surface area contributed by atoms with E-state index in [1.54, 1.807) is 0 Å². The molecule has 0 atom stereocenters. The summed E-state index contributed by atoms with van der Waals surface area (Å²) in [5.74, 6) is 0.506. The molecule has 0 saturated heterocycles. The predicted molar refractivity (Wildman–Crippen MR) is 99.5 cm³/mol. The Kier molecular flexibility index (Phi) is 4.51. The average Bonchev–Trinajstić information content (AvgIpc) is 3.23. The van der Waals surface area contributed by atoms with E-state index < -0.39 is 0 Å². The summed E-state index contributed by atoms with van der Waals surface area (Å²) in [6, 6.07) is 25.1. The van der Waals surface area contributed by atoms with Gasteiger partial charge in [-0.05, 0) is 45.7 Å². The molecule has 0 N–H and O–H groups in total. The monoisotopic (exact) mass is 341 g/mol. The van der Waals surface area contributed by atoms with Crippen LogP contribution < -0.4 is 9.67 Å². The Balaban J connectivity index is 2.00. The highest BCUT2D eigenvalue weighted by Crippen LogP contribution is 2.26. The first-order valence-corrected chi connectivity index (χ1v) is 8.75. The van der Waals surface area contributed by atoms with E-state index in [9.17, 15) is 0 Å². The van der Waals surface area contributed by atoms with E-state index >= 15 is 0 Å². The Bertz CT molecular complexity index is 980. The minimum absolute atomic E-state index is 0.506. The largest absolute Gasteiger partial charge is 0.280 e. The van der Waals surface area contributed by atoms with Crippen LogP contribution in [0, 0.1) is 0 Å². The third-order valence-electron chi connectivity index (χ3n) is 4.33. The summed E-state index contributed by atoms with van der Waals surface area (Å²) in [5, 5.41) is 15.6. The van der Waals surface area contributed by atoms with Crippen molar-refractivity contribution in [2.75, 3.05) is 0 Å². The number of aryl methyl sites for hydroxylation is 1. The summed E-state index contributed by atoms with van der Waals surface area (Å²) in [4.78, 5) is 0. The number of rotatable bonds is 5. The molecule has 2 heterocycles. The van der Waals surface area contributed by atoms with Gasteiger partial charge >= 0.3 is 0 Å². The Labute approximate surface area is 152 Å². The highest BCUT2D eigenvalue weighted by molar-refractivity contribution is 5.69. The molecule has 0 aliphatic rings. The standard InChI is InChI=1S/C21H19N5/c1-2-9-19-14-18(16-10-5-3-6-11-16)15-20(17-12-7-4-8-13-17)26(19)21-22-24-25-23-21/h3-8,10-15H,2,9H2,1H3. The van der Waals surface area contributed by atoms with Crippen LogP contribution in [0.4, 0.5) is 0 Å². The van der Waals surface area contributed by atoms with Gasteiger partial charge in [0.05, 0.1) is 5.69 Å². The van der Waals surface area contributed by atoms with Gasteiger partial charge in [-0.1, -0.05) is 84.2 Å². The van der Waals surface area contributed by atoms with Crippen molar-refractivity contribution < 1.29 is 4.57 Å². The molecular formula is C21H19N5. The zero-order valence-electron chi connectivity index (χ0n) is 14.6. The molecule has 2 aromatic heterocycles. The van der Waals surface area contributed by atoms with Crippen molar-refractivity contribution >= 4 is 0 Å². The van der Waals surface area contributed by atoms with Gasteiger partial charge in [-0.25, -0.2) is 0 Å². The summed E-state index contributed by atoms with van der Waals surface area (Å²) < 4.78 is 2.06. The summed E-state index contributed by atoms with van der Waals surface area (Å²) in [5.41, 5.74) is 5.64. The Morgan fingerprint density at radius 1 is 0.846 bits per heavy atom. The van der Waals surface area contributed by atoms with Gasteiger partial charge in [-0.2, -0.15) is 0 Å². The molecule has 0 aliphatic carbocycles. The van der Waals surface area contributed by atoms with Gasteiger partial charge < -0.3 is 0 Å². The topological polar surface area (TPSA) is 56.6 Å². The highest BCUT2D eigenvalue weighted by atomic mass is 15.5. The molecule has 0 spiro atoms. The fourth-order valence-electron chi connectivity index (χ4n) is 3.18. The predicted octanol–water partition coefficient (Wildman–Crippen LogP) is 3.39. The van der Waals surface area contributed by atoms with Gasteiger partial charge in [0.1, 0.15) is 0 Å². The molecule has 4 rings (SSSR count). The molecule has 0 fully saturated rings. The van der Waals surface area contributed by atoms with Gasteiger partial charge in [0.25, 0.3) is 5.95 Å².